The Morgan fingerprint density at radius 1 is 0.449 bits per heavy atom. The highest BCUT2D eigenvalue weighted by Gasteiger charge is 2.54. The molecule has 0 atom stereocenters. The Kier molecular flexibility index (Phi) is 5.50. The Balaban J connectivity index is 1.30. The third kappa shape index (κ3) is 3.42. The van der Waals surface area contributed by atoms with Crippen LogP contribution < -0.4 is 47.1 Å². The number of rotatable bonds is 3. The molecule has 49 heavy (non-hydrogen) atoms. The molecule has 0 amide bonds. The van der Waals surface area contributed by atoms with Gasteiger partial charge in [-0.1, -0.05) is 133 Å². The van der Waals surface area contributed by atoms with Crippen molar-refractivity contribution in [1.29, 1.82) is 0 Å². The highest BCUT2D eigenvalue weighted by atomic mass is 28.3. The van der Waals surface area contributed by atoms with E-state index in [1.165, 1.54) is 54.4 Å². The second-order valence-corrected chi connectivity index (χ2v) is 16.9. The van der Waals surface area contributed by atoms with Crippen molar-refractivity contribution in [3.8, 4) is 0 Å². The van der Waals surface area contributed by atoms with Gasteiger partial charge in [0.1, 0.15) is 5.58 Å². The Hall–Kier alpha value is -6.04. The van der Waals surface area contributed by atoms with E-state index in [0.29, 0.717) is 0 Å². The lowest BCUT2D eigenvalue weighted by molar-refractivity contribution is 0.651. The summed E-state index contributed by atoms with van der Waals surface area (Å²) in [6, 6.07) is 64.9. The van der Waals surface area contributed by atoms with Gasteiger partial charge in [-0.2, -0.15) is 0 Å². The van der Waals surface area contributed by atoms with Gasteiger partial charge >= 0.3 is 0 Å². The standard InChI is InChI=1S/C44H29BN2OSi/c1-4-16-30(17-5-1)46-36-25-15-26-37-41(36)45(44-42(46)33-22-10-12-27-38(33)48-44)34-23-14-29-40-43(34)47(37)35-24-11-13-28-39(35)49(40,31-18-6-2-7-19-31)32-20-8-3-9-21-32/h1-29H. The fourth-order valence-electron chi connectivity index (χ4n) is 9.11. The van der Waals surface area contributed by atoms with Gasteiger partial charge in [-0.25, -0.2) is 0 Å². The van der Waals surface area contributed by atoms with Crippen molar-refractivity contribution >= 4 is 97.2 Å². The predicted octanol–water partition coefficient (Wildman–Crippen LogP) is 6.21. The average molecular weight is 641 g/mol. The lowest BCUT2D eigenvalue weighted by Gasteiger charge is -2.50. The molecule has 3 nitrogen and oxygen atoms in total. The van der Waals surface area contributed by atoms with Gasteiger partial charge in [0.25, 0.3) is 6.71 Å². The Morgan fingerprint density at radius 3 is 1.78 bits per heavy atom. The summed E-state index contributed by atoms with van der Waals surface area (Å²) in [5, 5.41) is 6.75. The minimum atomic E-state index is -2.76. The fourth-order valence-corrected chi connectivity index (χ4v) is 14.2. The molecule has 0 saturated carbocycles. The van der Waals surface area contributed by atoms with Crippen molar-refractivity contribution < 1.29 is 4.42 Å². The number of benzene rings is 7. The van der Waals surface area contributed by atoms with Crippen LogP contribution in [0.3, 0.4) is 0 Å². The molecule has 0 unspecified atom stereocenters. The lowest BCUT2D eigenvalue weighted by Crippen LogP contribution is -2.79. The average Bonchev–Trinajstić information content (AvgIpc) is 3.56. The molecule has 0 N–H and O–H groups in total. The van der Waals surface area contributed by atoms with Crippen LogP contribution in [0.15, 0.2) is 180 Å². The van der Waals surface area contributed by atoms with Crippen molar-refractivity contribution in [3.63, 3.8) is 0 Å². The van der Waals surface area contributed by atoms with Gasteiger partial charge in [-0.05, 0) is 74.1 Å². The number of nitrogens with zero attached hydrogens (tertiary/aromatic N) is 2. The minimum Gasteiger partial charge on any atom is -0.468 e. The molecule has 0 fully saturated rings. The molecule has 0 bridgehead atoms. The molecule has 4 heterocycles. The molecule has 3 aliphatic heterocycles. The summed E-state index contributed by atoms with van der Waals surface area (Å²) in [5.74, 6) is 0. The van der Waals surface area contributed by atoms with Gasteiger partial charge in [-0.3, -0.25) is 0 Å². The largest absolute Gasteiger partial charge is 0.468 e. The molecule has 1 aromatic heterocycles. The maximum absolute atomic E-state index is 7.02. The van der Waals surface area contributed by atoms with Crippen LogP contribution in [0.25, 0.3) is 11.0 Å². The SMILES string of the molecule is c1ccc(N2c3cccc4c3B(c3cccc5c3N4c3ccccc3[Si]5(c3ccccc3)c3ccccc3)c3oc4ccccc4c32)cc1. The molecular formula is C44H29BN2OSi. The third-order valence-electron chi connectivity index (χ3n) is 10.9. The van der Waals surface area contributed by atoms with E-state index in [1.54, 1.807) is 0 Å². The van der Waals surface area contributed by atoms with Crippen LogP contribution in [-0.4, -0.2) is 14.8 Å². The topological polar surface area (TPSA) is 19.6 Å². The second kappa shape index (κ2) is 9.99. The first-order chi connectivity index (χ1) is 24.4. The smallest absolute Gasteiger partial charge is 0.297 e. The molecule has 3 aliphatic rings. The predicted molar refractivity (Wildman–Crippen MR) is 207 cm³/mol. The molecule has 0 aliphatic carbocycles. The van der Waals surface area contributed by atoms with E-state index < -0.39 is 8.07 Å². The number of hydrogen-bond acceptors (Lipinski definition) is 3. The Labute approximate surface area is 286 Å². The maximum atomic E-state index is 7.02. The highest BCUT2D eigenvalue weighted by Crippen LogP contribution is 2.47. The van der Waals surface area contributed by atoms with Gasteiger partial charge < -0.3 is 14.2 Å². The quantitative estimate of drug-likeness (QED) is 0.215. The van der Waals surface area contributed by atoms with Crippen LogP contribution >= 0.6 is 0 Å². The van der Waals surface area contributed by atoms with Gasteiger partial charge in [-0.15, -0.1) is 0 Å². The highest BCUT2D eigenvalue weighted by molar-refractivity contribution is 7.22. The molecular weight excluding hydrogens is 611 g/mol. The number of anilines is 6. The Morgan fingerprint density at radius 2 is 1.02 bits per heavy atom. The maximum Gasteiger partial charge on any atom is 0.297 e. The zero-order chi connectivity index (χ0) is 32.1. The van der Waals surface area contributed by atoms with E-state index in [1.807, 2.05) is 0 Å². The number of furan rings is 1. The summed E-state index contributed by atoms with van der Waals surface area (Å²) in [6.07, 6.45) is 0. The van der Waals surface area contributed by atoms with E-state index in [-0.39, 0.29) is 6.71 Å². The van der Waals surface area contributed by atoms with Crippen LogP contribution in [0.5, 0.6) is 0 Å². The molecule has 0 spiro atoms. The monoisotopic (exact) mass is 640 g/mol. The fraction of sp³-hybridized carbons (Fsp3) is 0. The van der Waals surface area contributed by atoms with Gasteiger partial charge in [0.15, 0.2) is 8.07 Å². The minimum absolute atomic E-state index is 0.0664. The van der Waals surface area contributed by atoms with Gasteiger partial charge in [0.05, 0.1) is 11.3 Å². The first-order valence-corrected chi connectivity index (χ1v) is 19.0. The Bertz CT molecular complexity index is 2550. The van der Waals surface area contributed by atoms with E-state index in [4.69, 9.17) is 4.42 Å². The number of para-hydroxylation sites is 4. The zero-order valence-electron chi connectivity index (χ0n) is 26.6. The van der Waals surface area contributed by atoms with Crippen LogP contribution in [-0.2, 0) is 0 Å². The number of fused-ring (bicyclic) bond motifs is 8. The van der Waals surface area contributed by atoms with E-state index in [9.17, 15) is 0 Å². The van der Waals surface area contributed by atoms with Crippen molar-refractivity contribution in [2.75, 3.05) is 9.80 Å². The number of hydrogen-bond donors (Lipinski definition) is 0. The summed E-state index contributed by atoms with van der Waals surface area (Å²) in [7, 11) is -2.76. The van der Waals surface area contributed by atoms with E-state index in [2.05, 4.69) is 186 Å². The normalized spacial score (nSPS) is 14.6. The molecule has 5 heteroatoms. The van der Waals surface area contributed by atoms with Crippen molar-refractivity contribution in [2.45, 2.75) is 0 Å². The zero-order valence-corrected chi connectivity index (χ0v) is 27.6. The second-order valence-electron chi connectivity index (χ2n) is 13.2. The van der Waals surface area contributed by atoms with Crippen LogP contribution in [0.1, 0.15) is 0 Å². The molecule has 228 valence electrons. The first-order valence-electron chi connectivity index (χ1n) is 17.0. The lowest BCUT2D eigenvalue weighted by atomic mass is 9.35. The van der Waals surface area contributed by atoms with Crippen LogP contribution in [0.2, 0.25) is 0 Å². The third-order valence-corrected chi connectivity index (χ3v) is 15.7. The summed E-state index contributed by atoms with van der Waals surface area (Å²) in [6.45, 7) is -0.0664. The summed E-state index contributed by atoms with van der Waals surface area (Å²) >= 11 is 0. The van der Waals surface area contributed by atoms with Crippen LogP contribution in [0, 0.1) is 0 Å². The summed E-state index contributed by atoms with van der Waals surface area (Å²) < 4.78 is 7.02. The molecule has 8 aromatic rings. The molecule has 7 aromatic carbocycles. The van der Waals surface area contributed by atoms with E-state index >= 15 is 0 Å². The summed E-state index contributed by atoms with van der Waals surface area (Å²) in [4.78, 5) is 5.00. The molecule has 11 rings (SSSR count). The first kappa shape index (κ1) is 27.0. The van der Waals surface area contributed by atoms with E-state index in [0.717, 1.165) is 28.0 Å². The van der Waals surface area contributed by atoms with Gasteiger partial charge in [0.2, 0.25) is 0 Å². The van der Waals surface area contributed by atoms with Gasteiger partial charge in [0, 0.05) is 33.8 Å². The molecule has 0 radical (unpaired) electrons. The van der Waals surface area contributed by atoms with Crippen LogP contribution in [0.4, 0.5) is 34.1 Å². The van der Waals surface area contributed by atoms with Crippen molar-refractivity contribution in [1.82, 2.24) is 0 Å². The molecule has 0 saturated heterocycles. The summed E-state index contributed by atoms with van der Waals surface area (Å²) in [5.41, 5.74) is 11.7. The van der Waals surface area contributed by atoms with Crippen molar-refractivity contribution in [2.24, 2.45) is 0 Å². The van der Waals surface area contributed by atoms with Crippen molar-refractivity contribution in [3.05, 3.63) is 176 Å².